The van der Waals surface area contributed by atoms with Gasteiger partial charge in [0.2, 0.25) is 0 Å². The van der Waals surface area contributed by atoms with Gasteiger partial charge >= 0.3 is 6.09 Å². The van der Waals surface area contributed by atoms with E-state index in [2.05, 4.69) is 12.1 Å². The zero-order valence-electron chi connectivity index (χ0n) is 15.5. The quantitative estimate of drug-likeness (QED) is 0.814. The normalized spacial score (nSPS) is 14.0. The van der Waals surface area contributed by atoms with E-state index in [9.17, 15) is 9.59 Å². The van der Waals surface area contributed by atoms with Crippen molar-refractivity contribution < 1.29 is 19.1 Å². The highest BCUT2D eigenvalue weighted by Gasteiger charge is 2.24. The van der Waals surface area contributed by atoms with Gasteiger partial charge in [0, 0.05) is 26.2 Å². The summed E-state index contributed by atoms with van der Waals surface area (Å²) in [6, 6.07) is 17.8. The number of ether oxygens (including phenoxy) is 2. The molecule has 0 bridgehead atoms. The van der Waals surface area contributed by atoms with E-state index in [-0.39, 0.29) is 18.6 Å². The van der Waals surface area contributed by atoms with Crippen LogP contribution in [-0.4, -0.2) is 61.2 Å². The molecule has 2 aromatic carbocycles. The summed E-state index contributed by atoms with van der Waals surface area (Å²) in [5.74, 6) is 0.582. The average molecular weight is 368 g/mol. The van der Waals surface area contributed by atoms with Gasteiger partial charge in [0.15, 0.2) is 6.61 Å². The number of nitrogens with zero attached hydrogens (tertiary/aromatic N) is 2. The number of amides is 2. The predicted octanol–water partition coefficient (Wildman–Crippen LogP) is 3.03. The van der Waals surface area contributed by atoms with Crippen molar-refractivity contribution in [3.8, 4) is 16.9 Å². The number of carbonyl (C=O) groups excluding carboxylic acids is 2. The SMILES string of the molecule is CCOC(=O)N1CCN(C(=O)COc2ccc(-c3ccccc3)cc2)CC1. The van der Waals surface area contributed by atoms with Crippen LogP contribution in [0.25, 0.3) is 11.1 Å². The maximum absolute atomic E-state index is 12.3. The van der Waals surface area contributed by atoms with Crippen LogP contribution in [-0.2, 0) is 9.53 Å². The molecule has 3 rings (SSSR count). The van der Waals surface area contributed by atoms with Crippen LogP contribution in [0.1, 0.15) is 6.92 Å². The van der Waals surface area contributed by atoms with Crippen LogP contribution in [0, 0.1) is 0 Å². The number of carbonyl (C=O) groups is 2. The molecule has 1 aliphatic rings. The molecule has 1 saturated heterocycles. The van der Waals surface area contributed by atoms with Crippen LogP contribution in [0.4, 0.5) is 4.79 Å². The molecule has 6 heteroatoms. The van der Waals surface area contributed by atoms with E-state index in [1.165, 1.54) is 0 Å². The minimum Gasteiger partial charge on any atom is -0.484 e. The molecule has 2 amide bonds. The Balaban J connectivity index is 1.46. The molecule has 0 saturated carbocycles. The first-order valence-electron chi connectivity index (χ1n) is 9.15. The zero-order valence-corrected chi connectivity index (χ0v) is 15.5. The molecular weight excluding hydrogens is 344 g/mol. The van der Waals surface area contributed by atoms with Gasteiger partial charge in [0.05, 0.1) is 6.61 Å². The van der Waals surface area contributed by atoms with E-state index in [1.807, 2.05) is 42.5 Å². The minimum atomic E-state index is -0.320. The van der Waals surface area contributed by atoms with Crippen LogP contribution < -0.4 is 4.74 Å². The average Bonchev–Trinajstić information content (AvgIpc) is 2.73. The Morgan fingerprint density at radius 1 is 0.852 bits per heavy atom. The summed E-state index contributed by atoms with van der Waals surface area (Å²) < 4.78 is 10.6. The first kappa shape index (κ1) is 18.8. The molecule has 1 heterocycles. The Kier molecular flexibility index (Phi) is 6.30. The van der Waals surface area contributed by atoms with Crippen molar-refractivity contribution in [3.63, 3.8) is 0 Å². The Morgan fingerprint density at radius 2 is 1.44 bits per heavy atom. The van der Waals surface area contributed by atoms with Crippen molar-refractivity contribution in [1.82, 2.24) is 9.80 Å². The molecule has 0 unspecified atom stereocenters. The number of hydrogen-bond donors (Lipinski definition) is 0. The summed E-state index contributed by atoms with van der Waals surface area (Å²) in [4.78, 5) is 27.4. The largest absolute Gasteiger partial charge is 0.484 e. The number of rotatable bonds is 5. The summed E-state index contributed by atoms with van der Waals surface area (Å²) in [7, 11) is 0. The molecular formula is C21H24N2O4. The van der Waals surface area contributed by atoms with Crippen LogP contribution in [0.5, 0.6) is 5.75 Å². The Morgan fingerprint density at radius 3 is 2.07 bits per heavy atom. The van der Waals surface area contributed by atoms with E-state index < -0.39 is 0 Å². The van der Waals surface area contributed by atoms with Crippen molar-refractivity contribution >= 4 is 12.0 Å². The summed E-state index contributed by atoms with van der Waals surface area (Å²) >= 11 is 0. The lowest BCUT2D eigenvalue weighted by Crippen LogP contribution is -2.51. The van der Waals surface area contributed by atoms with Gasteiger partial charge in [-0.2, -0.15) is 0 Å². The fraction of sp³-hybridized carbons (Fsp3) is 0.333. The third kappa shape index (κ3) is 5.00. The predicted molar refractivity (Wildman–Crippen MR) is 103 cm³/mol. The third-order valence-electron chi connectivity index (χ3n) is 4.48. The number of hydrogen-bond acceptors (Lipinski definition) is 4. The number of benzene rings is 2. The van der Waals surface area contributed by atoms with E-state index in [4.69, 9.17) is 9.47 Å². The minimum absolute atomic E-state index is 0.00983. The van der Waals surface area contributed by atoms with Gasteiger partial charge in [-0.05, 0) is 30.2 Å². The smallest absolute Gasteiger partial charge is 0.409 e. The Labute approximate surface area is 159 Å². The third-order valence-corrected chi connectivity index (χ3v) is 4.48. The molecule has 1 aliphatic heterocycles. The summed E-state index contributed by atoms with van der Waals surface area (Å²) in [6.07, 6.45) is -0.320. The van der Waals surface area contributed by atoms with E-state index >= 15 is 0 Å². The van der Waals surface area contributed by atoms with Crippen LogP contribution >= 0.6 is 0 Å². The monoisotopic (exact) mass is 368 g/mol. The van der Waals surface area contributed by atoms with Crippen LogP contribution in [0.15, 0.2) is 54.6 Å². The maximum Gasteiger partial charge on any atom is 0.409 e. The molecule has 0 N–H and O–H groups in total. The topological polar surface area (TPSA) is 59.1 Å². The summed E-state index contributed by atoms with van der Waals surface area (Å²) in [5.41, 5.74) is 2.24. The lowest BCUT2D eigenvalue weighted by molar-refractivity contribution is -0.134. The van der Waals surface area contributed by atoms with Gasteiger partial charge in [-0.15, -0.1) is 0 Å². The molecule has 142 valence electrons. The summed E-state index contributed by atoms with van der Waals surface area (Å²) in [6.45, 7) is 4.08. The molecule has 0 aliphatic carbocycles. The molecule has 0 atom stereocenters. The second kappa shape index (κ2) is 9.07. The van der Waals surface area contributed by atoms with Crippen molar-refractivity contribution in [2.45, 2.75) is 6.92 Å². The van der Waals surface area contributed by atoms with Gasteiger partial charge in [0.25, 0.3) is 5.91 Å². The maximum atomic E-state index is 12.3. The lowest BCUT2D eigenvalue weighted by Gasteiger charge is -2.33. The highest BCUT2D eigenvalue weighted by atomic mass is 16.6. The molecule has 2 aromatic rings. The fourth-order valence-corrected chi connectivity index (χ4v) is 2.96. The van der Waals surface area contributed by atoms with Gasteiger partial charge in [-0.3, -0.25) is 4.79 Å². The first-order valence-corrected chi connectivity index (χ1v) is 9.15. The van der Waals surface area contributed by atoms with Crippen LogP contribution in [0.3, 0.4) is 0 Å². The highest BCUT2D eigenvalue weighted by Crippen LogP contribution is 2.22. The van der Waals surface area contributed by atoms with E-state index in [0.717, 1.165) is 11.1 Å². The van der Waals surface area contributed by atoms with Gasteiger partial charge < -0.3 is 19.3 Å². The van der Waals surface area contributed by atoms with Crippen LogP contribution in [0.2, 0.25) is 0 Å². The molecule has 6 nitrogen and oxygen atoms in total. The lowest BCUT2D eigenvalue weighted by atomic mass is 10.1. The molecule has 27 heavy (non-hydrogen) atoms. The molecule has 0 radical (unpaired) electrons. The highest BCUT2D eigenvalue weighted by molar-refractivity contribution is 5.78. The Hall–Kier alpha value is -3.02. The Bertz CT molecular complexity index is 754. The molecule has 1 fully saturated rings. The van der Waals surface area contributed by atoms with Crippen molar-refractivity contribution in [1.29, 1.82) is 0 Å². The van der Waals surface area contributed by atoms with E-state index in [1.54, 1.807) is 16.7 Å². The van der Waals surface area contributed by atoms with Gasteiger partial charge in [0.1, 0.15) is 5.75 Å². The molecule has 0 aromatic heterocycles. The molecule has 0 spiro atoms. The van der Waals surface area contributed by atoms with Crippen molar-refractivity contribution in [3.05, 3.63) is 54.6 Å². The first-order chi connectivity index (χ1) is 13.2. The second-order valence-corrected chi connectivity index (χ2v) is 6.25. The standard InChI is InChI=1S/C21H24N2O4/c1-2-26-21(25)23-14-12-22(13-15-23)20(24)16-27-19-10-8-18(9-11-19)17-6-4-3-5-7-17/h3-11H,2,12-16H2,1H3. The van der Waals surface area contributed by atoms with Crippen molar-refractivity contribution in [2.75, 3.05) is 39.4 Å². The fourth-order valence-electron chi connectivity index (χ4n) is 2.96. The van der Waals surface area contributed by atoms with Gasteiger partial charge in [-0.25, -0.2) is 4.79 Å². The second-order valence-electron chi connectivity index (χ2n) is 6.25. The summed E-state index contributed by atoms with van der Waals surface area (Å²) in [5, 5.41) is 0. The van der Waals surface area contributed by atoms with Crippen molar-refractivity contribution in [2.24, 2.45) is 0 Å². The van der Waals surface area contributed by atoms with E-state index in [0.29, 0.717) is 38.5 Å². The number of piperazine rings is 1. The van der Waals surface area contributed by atoms with Gasteiger partial charge in [-0.1, -0.05) is 42.5 Å². The zero-order chi connectivity index (χ0) is 19.1.